The van der Waals surface area contributed by atoms with E-state index in [0.717, 1.165) is 23.6 Å². The number of para-hydroxylation sites is 1. The van der Waals surface area contributed by atoms with E-state index in [9.17, 15) is 0 Å². The largest absolute Gasteiger partial charge is 0.491 e. The molecule has 0 radical (unpaired) electrons. The zero-order valence-corrected chi connectivity index (χ0v) is 11.6. The maximum Gasteiger partial charge on any atom is 0.124 e. The number of H-pyrrole nitrogens is 1. The Morgan fingerprint density at radius 2 is 2.11 bits per heavy atom. The van der Waals surface area contributed by atoms with Crippen LogP contribution in [0, 0.1) is 0 Å². The summed E-state index contributed by atoms with van der Waals surface area (Å²) in [7, 11) is 0. The first kappa shape index (κ1) is 13.5. The summed E-state index contributed by atoms with van der Waals surface area (Å²) in [6.45, 7) is 6.96. The highest BCUT2D eigenvalue weighted by Crippen LogP contribution is 2.29. The molecular formula is C14H20N4O. The van der Waals surface area contributed by atoms with Crippen molar-refractivity contribution in [3.63, 3.8) is 0 Å². The van der Waals surface area contributed by atoms with Crippen molar-refractivity contribution in [1.29, 1.82) is 0 Å². The topological polar surface area (TPSA) is 62.8 Å². The van der Waals surface area contributed by atoms with Crippen molar-refractivity contribution in [3.05, 3.63) is 41.7 Å². The molecule has 2 N–H and O–H groups in total. The molecule has 102 valence electrons. The average Bonchev–Trinajstić information content (AvgIpc) is 2.90. The van der Waals surface area contributed by atoms with Crippen LogP contribution in [0.1, 0.15) is 38.1 Å². The Labute approximate surface area is 113 Å². The number of nitrogens with one attached hydrogen (secondary N) is 2. The lowest BCUT2D eigenvalue weighted by Gasteiger charge is -2.20. The summed E-state index contributed by atoms with van der Waals surface area (Å²) in [4.78, 5) is 0. The van der Waals surface area contributed by atoms with Crippen LogP contribution < -0.4 is 10.1 Å². The quantitative estimate of drug-likeness (QED) is 0.836. The van der Waals surface area contributed by atoms with Crippen LogP contribution in [0.3, 0.4) is 0 Å². The molecule has 1 aromatic heterocycles. The van der Waals surface area contributed by atoms with E-state index in [1.54, 1.807) is 6.20 Å². The standard InChI is InChI=1S/C14H20N4O/c1-4-15-14(12-9-16-18-17-12)11-7-5-6-8-13(11)19-10(2)3/h5-10,14-15H,4H2,1-3H3,(H,16,17,18). The minimum Gasteiger partial charge on any atom is -0.491 e. The Kier molecular flexibility index (Phi) is 4.52. The summed E-state index contributed by atoms with van der Waals surface area (Å²) in [6, 6.07) is 8.01. The van der Waals surface area contributed by atoms with Crippen LogP contribution in [-0.2, 0) is 0 Å². The lowest BCUT2D eigenvalue weighted by Crippen LogP contribution is -2.23. The van der Waals surface area contributed by atoms with E-state index < -0.39 is 0 Å². The lowest BCUT2D eigenvalue weighted by atomic mass is 10.0. The number of nitrogens with zero attached hydrogens (tertiary/aromatic N) is 2. The summed E-state index contributed by atoms with van der Waals surface area (Å²) in [5, 5.41) is 14.1. The number of aromatic nitrogens is 3. The molecule has 2 aromatic rings. The zero-order valence-electron chi connectivity index (χ0n) is 11.6. The predicted molar refractivity (Wildman–Crippen MR) is 74.1 cm³/mol. The van der Waals surface area contributed by atoms with Gasteiger partial charge in [0.05, 0.1) is 18.3 Å². The molecule has 1 heterocycles. The summed E-state index contributed by atoms with van der Waals surface area (Å²) < 4.78 is 5.87. The molecule has 5 nitrogen and oxygen atoms in total. The molecule has 2 rings (SSSR count). The Balaban J connectivity index is 2.36. The van der Waals surface area contributed by atoms with Gasteiger partial charge in [0.15, 0.2) is 0 Å². The molecule has 0 fully saturated rings. The van der Waals surface area contributed by atoms with Gasteiger partial charge in [-0.3, -0.25) is 0 Å². The zero-order chi connectivity index (χ0) is 13.7. The van der Waals surface area contributed by atoms with Gasteiger partial charge in [0, 0.05) is 5.56 Å². The van der Waals surface area contributed by atoms with Crippen LogP contribution in [0.4, 0.5) is 0 Å². The van der Waals surface area contributed by atoms with E-state index in [-0.39, 0.29) is 12.1 Å². The Morgan fingerprint density at radius 1 is 1.32 bits per heavy atom. The van der Waals surface area contributed by atoms with Gasteiger partial charge in [-0.25, -0.2) is 0 Å². The fourth-order valence-electron chi connectivity index (χ4n) is 2.01. The third kappa shape index (κ3) is 3.32. The van der Waals surface area contributed by atoms with Gasteiger partial charge in [-0.05, 0) is 26.5 Å². The molecule has 0 aliphatic heterocycles. The first-order chi connectivity index (χ1) is 9.22. The third-order valence-electron chi connectivity index (χ3n) is 2.73. The molecule has 19 heavy (non-hydrogen) atoms. The van der Waals surface area contributed by atoms with Gasteiger partial charge in [-0.1, -0.05) is 25.1 Å². The van der Waals surface area contributed by atoms with Crippen molar-refractivity contribution in [2.45, 2.75) is 32.9 Å². The van der Waals surface area contributed by atoms with Crippen molar-refractivity contribution in [1.82, 2.24) is 20.7 Å². The highest BCUT2D eigenvalue weighted by Gasteiger charge is 2.19. The summed E-state index contributed by atoms with van der Waals surface area (Å²) >= 11 is 0. The number of benzene rings is 1. The molecule has 0 spiro atoms. The summed E-state index contributed by atoms with van der Waals surface area (Å²) in [5.41, 5.74) is 1.94. The van der Waals surface area contributed by atoms with Crippen LogP contribution >= 0.6 is 0 Å². The molecule has 0 saturated carbocycles. The molecule has 1 unspecified atom stereocenters. The fraction of sp³-hybridized carbons (Fsp3) is 0.429. The van der Waals surface area contributed by atoms with Crippen LogP contribution in [0.5, 0.6) is 5.75 Å². The number of hydrogen-bond acceptors (Lipinski definition) is 4. The minimum absolute atomic E-state index is 0.0151. The second kappa shape index (κ2) is 6.33. The monoisotopic (exact) mass is 260 g/mol. The minimum atomic E-state index is -0.0151. The van der Waals surface area contributed by atoms with Crippen LogP contribution in [0.25, 0.3) is 0 Å². The third-order valence-corrected chi connectivity index (χ3v) is 2.73. The second-order valence-corrected chi connectivity index (χ2v) is 4.59. The van der Waals surface area contributed by atoms with Gasteiger partial charge in [-0.15, -0.1) is 0 Å². The average molecular weight is 260 g/mol. The van der Waals surface area contributed by atoms with Crippen LogP contribution in [0.2, 0.25) is 0 Å². The maximum absolute atomic E-state index is 5.87. The molecular weight excluding hydrogens is 240 g/mol. The first-order valence-electron chi connectivity index (χ1n) is 6.57. The molecule has 0 amide bonds. The van der Waals surface area contributed by atoms with E-state index in [1.807, 2.05) is 32.0 Å². The lowest BCUT2D eigenvalue weighted by molar-refractivity contribution is 0.238. The molecule has 0 bridgehead atoms. The molecule has 0 aliphatic carbocycles. The molecule has 0 saturated heterocycles. The molecule has 1 aromatic carbocycles. The van der Waals surface area contributed by atoms with E-state index in [0.29, 0.717) is 0 Å². The van der Waals surface area contributed by atoms with Gasteiger partial charge in [0.1, 0.15) is 11.4 Å². The smallest absolute Gasteiger partial charge is 0.124 e. The summed E-state index contributed by atoms with van der Waals surface area (Å²) in [6.07, 6.45) is 1.88. The van der Waals surface area contributed by atoms with Gasteiger partial charge in [0.2, 0.25) is 0 Å². The van der Waals surface area contributed by atoms with Gasteiger partial charge in [0.25, 0.3) is 0 Å². The first-order valence-corrected chi connectivity index (χ1v) is 6.57. The second-order valence-electron chi connectivity index (χ2n) is 4.59. The van der Waals surface area contributed by atoms with Crippen molar-refractivity contribution in [2.24, 2.45) is 0 Å². The van der Waals surface area contributed by atoms with Crippen LogP contribution in [-0.4, -0.2) is 28.1 Å². The Hall–Kier alpha value is -1.88. The number of rotatable bonds is 6. The van der Waals surface area contributed by atoms with E-state index in [1.165, 1.54) is 0 Å². The van der Waals surface area contributed by atoms with Crippen molar-refractivity contribution < 1.29 is 4.74 Å². The highest BCUT2D eigenvalue weighted by atomic mass is 16.5. The normalized spacial score (nSPS) is 12.6. The van der Waals surface area contributed by atoms with Crippen LogP contribution in [0.15, 0.2) is 30.5 Å². The van der Waals surface area contributed by atoms with E-state index in [2.05, 4.69) is 33.7 Å². The van der Waals surface area contributed by atoms with E-state index in [4.69, 9.17) is 4.74 Å². The number of aromatic amines is 1. The van der Waals surface area contributed by atoms with Crippen molar-refractivity contribution >= 4 is 0 Å². The highest BCUT2D eigenvalue weighted by molar-refractivity contribution is 5.39. The number of hydrogen-bond donors (Lipinski definition) is 2. The predicted octanol–water partition coefficient (Wildman–Crippen LogP) is 2.29. The van der Waals surface area contributed by atoms with E-state index >= 15 is 0 Å². The van der Waals surface area contributed by atoms with Crippen molar-refractivity contribution in [3.8, 4) is 5.75 Å². The van der Waals surface area contributed by atoms with Gasteiger partial charge < -0.3 is 10.1 Å². The Bertz CT molecular complexity index is 496. The molecule has 1 atom stereocenters. The number of ether oxygens (including phenoxy) is 1. The maximum atomic E-state index is 5.87. The fourth-order valence-corrected chi connectivity index (χ4v) is 2.01. The van der Waals surface area contributed by atoms with Gasteiger partial charge >= 0.3 is 0 Å². The summed E-state index contributed by atoms with van der Waals surface area (Å²) in [5.74, 6) is 0.881. The van der Waals surface area contributed by atoms with Crippen molar-refractivity contribution in [2.75, 3.05) is 6.54 Å². The Morgan fingerprint density at radius 3 is 2.74 bits per heavy atom. The molecule has 0 aliphatic rings. The SMILES string of the molecule is CCNC(c1cn[nH]n1)c1ccccc1OC(C)C. The van der Waals surface area contributed by atoms with Gasteiger partial charge in [-0.2, -0.15) is 15.4 Å². The molecule has 5 heteroatoms.